The minimum absolute atomic E-state index is 0.0433. The summed E-state index contributed by atoms with van der Waals surface area (Å²) < 4.78 is 15.5. The fourth-order valence-corrected chi connectivity index (χ4v) is 1.50. The smallest absolute Gasteiger partial charge is 0.303 e. The van der Waals surface area contributed by atoms with E-state index >= 15 is 0 Å². The number of carbonyl (C=O) groups is 1. The summed E-state index contributed by atoms with van der Waals surface area (Å²) in [7, 11) is 1.58. The van der Waals surface area contributed by atoms with Crippen LogP contribution in [0.25, 0.3) is 0 Å². The first-order valence-electron chi connectivity index (χ1n) is 5.97. The highest BCUT2D eigenvalue weighted by Gasteiger charge is 2.09. The molecule has 0 unspecified atom stereocenters. The van der Waals surface area contributed by atoms with Gasteiger partial charge in [-0.1, -0.05) is 11.2 Å². The lowest BCUT2D eigenvalue weighted by molar-refractivity contribution is -0.137. The van der Waals surface area contributed by atoms with Crippen molar-refractivity contribution in [1.82, 2.24) is 10.1 Å². The van der Waals surface area contributed by atoms with Gasteiger partial charge in [-0.3, -0.25) is 4.79 Å². The first-order chi connectivity index (χ1) is 9.67. The number of carboxylic acids is 1. The number of methoxy groups -OCH3 is 1. The van der Waals surface area contributed by atoms with Gasteiger partial charge in [-0.2, -0.15) is 4.98 Å². The SMILES string of the molecule is COc1cccc(OCc2noc(CCC(=O)O)n2)c1. The van der Waals surface area contributed by atoms with Gasteiger partial charge in [0.2, 0.25) is 11.7 Å². The summed E-state index contributed by atoms with van der Waals surface area (Å²) in [5.41, 5.74) is 0. The normalized spacial score (nSPS) is 10.2. The maximum absolute atomic E-state index is 10.4. The zero-order chi connectivity index (χ0) is 14.4. The fourth-order valence-electron chi connectivity index (χ4n) is 1.50. The lowest BCUT2D eigenvalue weighted by atomic mass is 10.3. The molecule has 0 aliphatic carbocycles. The Morgan fingerprint density at radius 2 is 2.20 bits per heavy atom. The summed E-state index contributed by atoms with van der Waals surface area (Å²) in [6.07, 6.45) is 0.167. The molecule has 1 heterocycles. The van der Waals surface area contributed by atoms with E-state index in [4.69, 9.17) is 19.1 Å². The average molecular weight is 278 g/mol. The van der Waals surface area contributed by atoms with E-state index in [1.807, 2.05) is 12.1 Å². The van der Waals surface area contributed by atoms with Crippen LogP contribution in [-0.4, -0.2) is 28.3 Å². The summed E-state index contributed by atoms with van der Waals surface area (Å²) >= 11 is 0. The van der Waals surface area contributed by atoms with Gasteiger partial charge in [0.25, 0.3) is 0 Å². The number of aromatic nitrogens is 2. The maximum atomic E-state index is 10.4. The zero-order valence-corrected chi connectivity index (χ0v) is 10.9. The van der Waals surface area contributed by atoms with E-state index in [0.717, 1.165) is 0 Å². The third kappa shape index (κ3) is 3.98. The van der Waals surface area contributed by atoms with Crippen molar-refractivity contribution in [3.05, 3.63) is 36.0 Å². The summed E-state index contributed by atoms with van der Waals surface area (Å²) in [6.45, 7) is 0.143. The van der Waals surface area contributed by atoms with Crippen LogP contribution >= 0.6 is 0 Å². The van der Waals surface area contributed by atoms with Gasteiger partial charge < -0.3 is 19.1 Å². The van der Waals surface area contributed by atoms with Crippen molar-refractivity contribution in [2.75, 3.05) is 7.11 Å². The topological polar surface area (TPSA) is 94.7 Å². The second-order valence-corrected chi connectivity index (χ2v) is 3.97. The second-order valence-electron chi connectivity index (χ2n) is 3.97. The number of rotatable bonds is 7. The Bertz CT molecular complexity index is 582. The average Bonchev–Trinajstić information content (AvgIpc) is 2.91. The summed E-state index contributed by atoms with van der Waals surface area (Å²) in [6, 6.07) is 7.15. The van der Waals surface area contributed by atoms with Gasteiger partial charge in [0.15, 0.2) is 6.61 Å². The molecule has 7 heteroatoms. The number of ether oxygens (including phenoxy) is 2. The Morgan fingerprint density at radius 1 is 1.40 bits per heavy atom. The van der Waals surface area contributed by atoms with Crippen molar-refractivity contribution in [3.63, 3.8) is 0 Å². The quantitative estimate of drug-likeness (QED) is 0.823. The predicted molar refractivity (Wildman–Crippen MR) is 67.6 cm³/mol. The number of benzene rings is 1. The Labute approximate surface area is 115 Å². The van der Waals surface area contributed by atoms with E-state index in [9.17, 15) is 4.79 Å². The summed E-state index contributed by atoms with van der Waals surface area (Å²) in [5, 5.41) is 12.3. The molecule has 1 aromatic heterocycles. The first-order valence-corrected chi connectivity index (χ1v) is 5.97. The Balaban J connectivity index is 1.88. The van der Waals surface area contributed by atoms with E-state index in [1.54, 1.807) is 19.2 Å². The van der Waals surface area contributed by atoms with Crippen LogP contribution in [0, 0.1) is 0 Å². The van der Waals surface area contributed by atoms with E-state index in [1.165, 1.54) is 0 Å². The van der Waals surface area contributed by atoms with E-state index in [-0.39, 0.29) is 25.3 Å². The predicted octanol–water partition coefficient (Wildman–Crippen LogP) is 1.67. The third-order valence-corrected chi connectivity index (χ3v) is 2.47. The van der Waals surface area contributed by atoms with Crippen LogP contribution in [0.1, 0.15) is 18.1 Å². The molecule has 0 saturated carbocycles. The van der Waals surface area contributed by atoms with Gasteiger partial charge in [-0.15, -0.1) is 0 Å². The molecule has 0 radical (unpaired) electrons. The monoisotopic (exact) mass is 278 g/mol. The standard InChI is InChI=1S/C13H14N2O5/c1-18-9-3-2-4-10(7-9)19-8-11-14-12(20-15-11)5-6-13(16)17/h2-4,7H,5-6,8H2,1H3,(H,16,17). The lowest BCUT2D eigenvalue weighted by Gasteiger charge is -2.04. The molecule has 0 aliphatic heterocycles. The van der Waals surface area contributed by atoms with Crippen molar-refractivity contribution in [1.29, 1.82) is 0 Å². The van der Waals surface area contributed by atoms with Crippen LogP contribution in [0.5, 0.6) is 11.5 Å². The van der Waals surface area contributed by atoms with Crippen LogP contribution < -0.4 is 9.47 Å². The van der Waals surface area contributed by atoms with Crippen LogP contribution in [0.4, 0.5) is 0 Å². The molecule has 0 atom stereocenters. The number of aryl methyl sites for hydroxylation is 1. The third-order valence-electron chi connectivity index (χ3n) is 2.47. The molecule has 2 rings (SSSR count). The van der Waals surface area contributed by atoms with Gasteiger partial charge in [-0.05, 0) is 12.1 Å². The molecule has 1 N–H and O–H groups in total. The van der Waals surface area contributed by atoms with Crippen molar-refractivity contribution in [2.24, 2.45) is 0 Å². The van der Waals surface area contributed by atoms with Crippen molar-refractivity contribution in [3.8, 4) is 11.5 Å². The maximum Gasteiger partial charge on any atom is 0.303 e. The molecular formula is C13H14N2O5. The van der Waals surface area contributed by atoms with Crippen molar-refractivity contribution >= 4 is 5.97 Å². The largest absolute Gasteiger partial charge is 0.497 e. The molecule has 1 aromatic carbocycles. The van der Waals surface area contributed by atoms with Gasteiger partial charge >= 0.3 is 5.97 Å². The highest BCUT2D eigenvalue weighted by Crippen LogP contribution is 2.19. The summed E-state index contributed by atoms with van der Waals surface area (Å²) in [4.78, 5) is 14.5. The van der Waals surface area contributed by atoms with Gasteiger partial charge in [0.1, 0.15) is 11.5 Å². The molecule has 0 fully saturated rings. The Morgan fingerprint density at radius 3 is 2.95 bits per heavy atom. The van der Waals surface area contributed by atoms with E-state index in [0.29, 0.717) is 17.3 Å². The molecule has 0 spiro atoms. The number of hydrogen-bond acceptors (Lipinski definition) is 6. The molecule has 0 saturated heterocycles. The number of nitrogens with zero attached hydrogens (tertiary/aromatic N) is 2. The number of aliphatic carboxylic acids is 1. The number of carboxylic acid groups (broad SMARTS) is 1. The van der Waals surface area contributed by atoms with Crippen LogP contribution in [0.3, 0.4) is 0 Å². The molecule has 20 heavy (non-hydrogen) atoms. The molecule has 0 bridgehead atoms. The van der Waals surface area contributed by atoms with Crippen LogP contribution in [0.2, 0.25) is 0 Å². The summed E-state index contributed by atoms with van der Waals surface area (Å²) in [5.74, 6) is 1.07. The Kier molecular flexibility index (Phi) is 4.54. The van der Waals surface area contributed by atoms with E-state index < -0.39 is 5.97 Å². The fraction of sp³-hybridized carbons (Fsp3) is 0.308. The van der Waals surface area contributed by atoms with Crippen molar-refractivity contribution in [2.45, 2.75) is 19.4 Å². The molecule has 2 aromatic rings. The minimum atomic E-state index is -0.905. The van der Waals surface area contributed by atoms with Gasteiger partial charge in [-0.25, -0.2) is 0 Å². The highest BCUT2D eigenvalue weighted by atomic mass is 16.5. The molecule has 0 aliphatic rings. The highest BCUT2D eigenvalue weighted by molar-refractivity contribution is 5.66. The van der Waals surface area contributed by atoms with Crippen molar-refractivity contribution < 1.29 is 23.9 Å². The van der Waals surface area contributed by atoms with Crippen LogP contribution in [-0.2, 0) is 17.8 Å². The Hall–Kier alpha value is -2.57. The zero-order valence-electron chi connectivity index (χ0n) is 10.9. The molecule has 7 nitrogen and oxygen atoms in total. The first kappa shape index (κ1) is 13.9. The molecule has 0 amide bonds. The second kappa shape index (κ2) is 6.55. The lowest BCUT2D eigenvalue weighted by Crippen LogP contribution is -1.99. The van der Waals surface area contributed by atoms with Crippen LogP contribution in [0.15, 0.2) is 28.8 Å². The van der Waals surface area contributed by atoms with E-state index in [2.05, 4.69) is 10.1 Å². The van der Waals surface area contributed by atoms with Gasteiger partial charge in [0, 0.05) is 12.5 Å². The molecular weight excluding hydrogens is 264 g/mol. The van der Waals surface area contributed by atoms with Gasteiger partial charge in [0.05, 0.1) is 13.5 Å². The number of hydrogen-bond donors (Lipinski definition) is 1. The molecule has 106 valence electrons. The minimum Gasteiger partial charge on any atom is -0.497 e.